The second kappa shape index (κ2) is 6.37. The SMILES string of the molecule is CCOC(=O)c1nn(C)c2c1CN(Cc1c[nH]c3ccccc13)CC2. The quantitative estimate of drug-likeness (QED) is 0.743. The van der Waals surface area contributed by atoms with Gasteiger partial charge in [0.2, 0.25) is 0 Å². The topological polar surface area (TPSA) is 63.1 Å². The molecule has 3 heterocycles. The number of ether oxygens (including phenoxy) is 1. The average molecular weight is 338 g/mol. The molecule has 1 aromatic carbocycles. The minimum absolute atomic E-state index is 0.326. The summed E-state index contributed by atoms with van der Waals surface area (Å²) in [5, 5.41) is 5.66. The summed E-state index contributed by atoms with van der Waals surface area (Å²) in [4.78, 5) is 17.9. The second-order valence-electron chi connectivity index (χ2n) is 6.44. The van der Waals surface area contributed by atoms with Crippen LogP contribution in [-0.4, -0.2) is 38.8 Å². The maximum Gasteiger partial charge on any atom is 0.359 e. The molecule has 0 amide bonds. The number of carbonyl (C=O) groups is 1. The molecule has 0 fully saturated rings. The van der Waals surface area contributed by atoms with Crippen molar-refractivity contribution in [1.29, 1.82) is 0 Å². The van der Waals surface area contributed by atoms with Gasteiger partial charge < -0.3 is 9.72 Å². The Labute approximate surface area is 146 Å². The number of para-hydroxylation sites is 1. The normalized spacial score (nSPS) is 14.6. The number of nitrogens with one attached hydrogen (secondary N) is 1. The zero-order valence-electron chi connectivity index (χ0n) is 14.6. The fourth-order valence-corrected chi connectivity index (χ4v) is 3.65. The maximum absolute atomic E-state index is 12.2. The number of benzene rings is 1. The zero-order chi connectivity index (χ0) is 17.4. The Morgan fingerprint density at radius 3 is 3.04 bits per heavy atom. The van der Waals surface area contributed by atoms with Gasteiger partial charge in [0.1, 0.15) is 0 Å². The van der Waals surface area contributed by atoms with Crippen LogP contribution in [0.25, 0.3) is 10.9 Å². The van der Waals surface area contributed by atoms with Gasteiger partial charge in [-0.25, -0.2) is 4.79 Å². The third-order valence-electron chi connectivity index (χ3n) is 4.86. The van der Waals surface area contributed by atoms with Crippen LogP contribution in [0.1, 0.15) is 34.2 Å². The molecule has 6 heteroatoms. The molecule has 0 saturated heterocycles. The summed E-state index contributed by atoms with van der Waals surface area (Å²) in [6, 6.07) is 8.34. The highest BCUT2D eigenvalue weighted by atomic mass is 16.5. The van der Waals surface area contributed by atoms with Crippen molar-refractivity contribution in [3.63, 3.8) is 0 Å². The standard InChI is InChI=1S/C19H22N4O2/c1-3-25-19(24)18-15-12-23(9-8-17(15)22(2)21-18)11-13-10-20-16-7-5-4-6-14(13)16/h4-7,10,20H,3,8-9,11-12H2,1-2H3. The summed E-state index contributed by atoms with van der Waals surface area (Å²) in [7, 11) is 1.90. The Bertz CT molecular complexity index is 925. The number of H-pyrrole nitrogens is 1. The monoisotopic (exact) mass is 338 g/mol. The van der Waals surface area contributed by atoms with Gasteiger partial charge in [0.25, 0.3) is 0 Å². The van der Waals surface area contributed by atoms with Gasteiger partial charge in [-0.15, -0.1) is 0 Å². The van der Waals surface area contributed by atoms with E-state index < -0.39 is 0 Å². The Balaban J connectivity index is 1.59. The van der Waals surface area contributed by atoms with Crippen molar-refractivity contribution < 1.29 is 9.53 Å². The van der Waals surface area contributed by atoms with Crippen molar-refractivity contribution in [2.45, 2.75) is 26.4 Å². The van der Waals surface area contributed by atoms with Crippen molar-refractivity contribution in [2.24, 2.45) is 7.05 Å². The number of rotatable bonds is 4. The summed E-state index contributed by atoms with van der Waals surface area (Å²) in [6.45, 7) is 4.70. The first-order valence-electron chi connectivity index (χ1n) is 8.66. The summed E-state index contributed by atoms with van der Waals surface area (Å²) in [6.07, 6.45) is 2.97. The molecular weight excluding hydrogens is 316 g/mol. The molecule has 25 heavy (non-hydrogen) atoms. The number of aromatic amines is 1. The number of aromatic nitrogens is 3. The van der Waals surface area contributed by atoms with Gasteiger partial charge in [-0.05, 0) is 18.6 Å². The molecule has 1 aliphatic rings. The van der Waals surface area contributed by atoms with Crippen molar-refractivity contribution in [3.05, 3.63) is 53.0 Å². The summed E-state index contributed by atoms with van der Waals surface area (Å²) in [5.74, 6) is -0.326. The minimum atomic E-state index is -0.326. The van der Waals surface area contributed by atoms with Crippen molar-refractivity contribution >= 4 is 16.9 Å². The first-order valence-corrected chi connectivity index (χ1v) is 8.66. The number of fused-ring (bicyclic) bond motifs is 2. The number of esters is 1. The van der Waals surface area contributed by atoms with Gasteiger partial charge in [-0.3, -0.25) is 9.58 Å². The van der Waals surface area contributed by atoms with E-state index in [4.69, 9.17) is 4.74 Å². The number of nitrogens with zero attached hydrogens (tertiary/aromatic N) is 3. The molecule has 1 aliphatic heterocycles. The Morgan fingerprint density at radius 1 is 1.36 bits per heavy atom. The lowest BCUT2D eigenvalue weighted by Crippen LogP contribution is -2.31. The van der Waals surface area contributed by atoms with E-state index in [1.54, 1.807) is 0 Å². The minimum Gasteiger partial charge on any atom is -0.461 e. The number of carbonyl (C=O) groups excluding carboxylic acids is 1. The predicted octanol–water partition coefficient (Wildman–Crippen LogP) is 2.64. The number of hydrogen-bond donors (Lipinski definition) is 1. The first kappa shape index (κ1) is 15.9. The molecule has 2 aromatic heterocycles. The number of aryl methyl sites for hydroxylation is 1. The maximum atomic E-state index is 12.2. The van der Waals surface area contributed by atoms with Gasteiger partial charge in [0.05, 0.1) is 6.61 Å². The van der Waals surface area contributed by atoms with Crippen molar-refractivity contribution in [2.75, 3.05) is 13.2 Å². The van der Waals surface area contributed by atoms with Crippen LogP contribution in [0, 0.1) is 0 Å². The number of hydrogen-bond acceptors (Lipinski definition) is 4. The summed E-state index contributed by atoms with van der Waals surface area (Å²) < 4.78 is 6.99. The van der Waals surface area contributed by atoms with Crippen LogP contribution >= 0.6 is 0 Å². The molecule has 0 atom stereocenters. The van der Waals surface area contributed by atoms with Crippen LogP contribution in [0.4, 0.5) is 0 Å². The van der Waals surface area contributed by atoms with E-state index in [-0.39, 0.29) is 5.97 Å². The molecule has 0 aliphatic carbocycles. The smallest absolute Gasteiger partial charge is 0.359 e. The lowest BCUT2D eigenvalue weighted by Gasteiger charge is -2.27. The predicted molar refractivity (Wildman–Crippen MR) is 95.3 cm³/mol. The molecule has 1 N–H and O–H groups in total. The molecule has 4 rings (SSSR count). The van der Waals surface area contributed by atoms with E-state index in [9.17, 15) is 4.79 Å². The van der Waals surface area contributed by atoms with Gasteiger partial charge in [-0.1, -0.05) is 18.2 Å². The molecule has 0 saturated carbocycles. The van der Waals surface area contributed by atoms with Crippen molar-refractivity contribution in [3.8, 4) is 0 Å². The van der Waals surface area contributed by atoms with E-state index in [0.717, 1.165) is 42.8 Å². The lowest BCUT2D eigenvalue weighted by atomic mass is 10.0. The highest BCUT2D eigenvalue weighted by Gasteiger charge is 2.28. The van der Waals surface area contributed by atoms with Crippen LogP contribution in [-0.2, 0) is 31.3 Å². The van der Waals surface area contributed by atoms with Crippen LogP contribution in [0.2, 0.25) is 0 Å². The summed E-state index contributed by atoms with van der Waals surface area (Å²) in [5.41, 5.74) is 5.04. The third-order valence-corrected chi connectivity index (χ3v) is 4.86. The third kappa shape index (κ3) is 2.82. The fraction of sp³-hybridized carbons (Fsp3) is 0.368. The van der Waals surface area contributed by atoms with Crippen LogP contribution in [0.15, 0.2) is 30.5 Å². The van der Waals surface area contributed by atoms with E-state index in [1.165, 1.54) is 10.9 Å². The fourth-order valence-electron chi connectivity index (χ4n) is 3.65. The summed E-state index contributed by atoms with van der Waals surface area (Å²) >= 11 is 0. The highest BCUT2D eigenvalue weighted by molar-refractivity contribution is 5.89. The molecule has 3 aromatic rings. The van der Waals surface area contributed by atoms with Crippen LogP contribution in [0.5, 0.6) is 0 Å². The van der Waals surface area contributed by atoms with E-state index in [0.29, 0.717) is 12.3 Å². The molecule has 6 nitrogen and oxygen atoms in total. The molecule has 0 spiro atoms. The average Bonchev–Trinajstić information content (AvgIpc) is 3.17. The lowest BCUT2D eigenvalue weighted by molar-refractivity contribution is 0.0516. The van der Waals surface area contributed by atoms with Gasteiger partial charge >= 0.3 is 5.97 Å². The highest BCUT2D eigenvalue weighted by Crippen LogP contribution is 2.26. The second-order valence-corrected chi connectivity index (χ2v) is 6.44. The van der Waals surface area contributed by atoms with Gasteiger partial charge in [0, 0.05) is 61.5 Å². The van der Waals surface area contributed by atoms with E-state index in [2.05, 4.69) is 39.4 Å². The molecule has 0 unspecified atom stereocenters. The Hall–Kier alpha value is -2.60. The van der Waals surface area contributed by atoms with Crippen molar-refractivity contribution in [1.82, 2.24) is 19.7 Å². The molecule has 130 valence electrons. The van der Waals surface area contributed by atoms with Gasteiger partial charge in [0.15, 0.2) is 5.69 Å². The van der Waals surface area contributed by atoms with Gasteiger partial charge in [-0.2, -0.15) is 5.10 Å². The molecule has 0 bridgehead atoms. The van der Waals surface area contributed by atoms with Crippen LogP contribution in [0.3, 0.4) is 0 Å². The zero-order valence-corrected chi connectivity index (χ0v) is 14.6. The van der Waals surface area contributed by atoms with Crippen LogP contribution < -0.4 is 0 Å². The Kier molecular flexibility index (Phi) is 4.05. The van der Waals surface area contributed by atoms with E-state index in [1.807, 2.05) is 24.7 Å². The molecular formula is C19H22N4O2. The largest absolute Gasteiger partial charge is 0.461 e. The molecule has 0 radical (unpaired) electrons. The van der Waals surface area contributed by atoms with E-state index >= 15 is 0 Å². The Morgan fingerprint density at radius 2 is 2.20 bits per heavy atom. The first-order chi connectivity index (χ1) is 12.2.